The monoisotopic (exact) mass is 463 g/mol. The van der Waals surface area contributed by atoms with Crippen molar-refractivity contribution < 1.29 is 19.1 Å². The summed E-state index contributed by atoms with van der Waals surface area (Å²) in [5, 5.41) is 3.45. The molecule has 33 heavy (non-hydrogen) atoms. The fourth-order valence-corrected chi connectivity index (χ4v) is 3.13. The molecule has 3 N–H and O–H groups in total. The molecule has 0 heterocycles. The Morgan fingerprint density at radius 2 is 1.33 bits per heavy atom. The van der Waals surface area contributed by atoms with Crippen LogP contribution in [-0.2, 0) is 11.4 Å². The van der Waals surface area contributed by atoms with E-state index in [2.05, 4.69) is 16.2 Å². The van der Waals surface area contributed by atoms with E-state index in [0.29, 0.717) is 34.2 Å². The molecule has 1 aliphatic rings. The number of carbonyl (C=O) groups excluding carboxylic acids is 3. The number of halogens is 1. The van der Waals surface area contributed by atoms with Gasteiger partial charge in [-0.05, 0) is 79.1 Å². The van der Waals surface area contributed by atoms with Gasteiger partial charge in [-0.2, -0.15) is 0 Å². The molecule has 0 bridgehead atoms. The van der Waals surface area contributed by atoms with Crippen LogP contribution in [0.2, 0.25) is 5.02 Å². The molecule has 0 spiro atoms. The summed E-state index contributed by atoms with van der Waals surface area (Å²) >= 11 is 5.86. The standard InChI is InChI=1S/C25H22ClN3O4/c26-20-9-13-22(14-10-20)33-15-16-1-3-18(4-2-16)24(31)28-29-25(32)19-7-11-21(12-8-19)27-23(30)17-5-6-17/h1-4,7-14,17H,5-6,15H2,(H,27,30)(H,28,31)(H,29,32). The molecule has 3 amide bonds. The molecule has 0 atom stereocenters. The van der Waals surface area contributed by atoms with E-state index in [4.69, 9.17) is 16.3 Å². The maximum absolute atomic E-state index is 12.3. The van der Waals surface area contributed by atoms with Crippen molar-refractivity contribution in [1.82, 2.24) is 10.9 Å². The molecular weight excluding hydrogens is 442 g/mol. The summed E-state index contributed by atoms with van der Waals surface area (Å²) in [6.07, 6.45) is 1.85. The van der Waals surface area contributed by atoms with E-state index in [9.17, 15) is 14.4 Å². The summed E-state index contributed by atoms with van der Waals surface area (Å²) in [5.41, 5.74) is 7.06. The maximum atomic E-state index is 12.3. The zero-order chi connectivity index (χ0) is 23.2. The number of rotatable bonds is 7. The Kier molecular flexibility index (Phi) is 6.90. The van der Waals surface area contributed by atoms with Gasteiger partial charge >= 0.3 is 0 Å². The van der Waals surface area contributed by atoms with Gasteiger partial charge in [-0.1, -0.05) is 23.7 Å². The van der Waals surface area contributed by atoms with Gasteiger partial charge in [-0.15, -0.1) is 0 Å². The van der Waals surface area contributed by atoms with Crippen LogP contribution in [0.4, 0.5) is 5.69 Å². The Labute approximate surface area is 196 Å². The van der Waals surface area contributed by atoms with Crippen molar-refractivity contribution in [2.45, 2.75) is 19.4 Å². The van der Waals surface area contributed by atoms with Crippen LogP contribution in [0.1, 0.15) is 39.1 Å². The zero-order valence-electron chi connectivity index (χ0n) is 17.6. The second kappa shape index (κ2) is 10.2. The highest BCUT2D eigenvalue weighted by atomic mass is 35.5. The van der Waals surface area contributed by atoms with Gasteiger partial charge in [0.1, 0.15) is 12.4 Å². The fraction of sp³-hybridized carbons (Fsp3) is 0.160. The zero-order valence-corrected chi connectivity index (χ0v) is 18.4. The summed E-state index contributed by atoms with van der Waals surface area (Å²) in [5.74, 6) is -0.101. The van der Waals surface area contributed by atoms with Crippen molar-refractivity contribution in [3.63, 3.8) is 0 Å². The topological polar surface area (TPSA) is 96.5 Å². The highest BCUT2D eigenvalue weighted by Gasteiger charge is 2.29. The van der Waals surface area contributed by atoms with Crippen molar-refractivity contribution in [3.05, 3.63) is 94.5 Å². The number of amides is 3. The van der Waals surface area contributed by atoms with E-state index in [0.717, 1.165) is 18.4 Å². The number of hydrogen-bond donors (Lipinski definition) is 3. The minimum Gasteiger partial charge on any atom is -0.489 e. The molecule has 0 unspecified atom stereocenters. The number of anilines is 1. The molecule has 7 nitrogen and oxygen atoms in total. The fourth-order valence-electron chi connectivity index (χ4n) is 3.00. The maximum Gasteiger partial charge on any atom is 0.269 e. The van der Waals surface area contributed by atoms with Gasteiger partial charge in [0, 0.05) is 27.8 Å². The van der Waals surface area contributed by atoms with Crippen LogP contribution < -0.4 is 20.9 Å². The first-order valence-corrected chi connectivity index (χ1v) is 10.8. The molecule has 8 heteroatoms. The minimum atomic E-state index is -0.462. The van der Waals surface area contributed by atoms with Gasteiger partial charge in [0.05, 0.1) is 0 Å². The lowest BCUT2D eigenvalue weighted by Gasteiger charge is -2.10. The first-order chi connectivity index (χ1) is 16.0. The number of ether oxygens (including phenoxy) is 1. The largest absolute Gasteiger partial charge is 0.489 e. The lowest BCUT2D eigenvalue weighted by Crippen LogP contribution is -2.41. The van der Waals surface area contributed by atoms with Crippen molar-refractivity contribution in [3.8, 4) is 5.75 Å². The quantitative estimate of drug-likeness (QED) is 0.454. The van der Waals surface area contributed by atoms with Crippen molar-refractivity contribution in [1.29, 1.82) is 0 Å². The summed E-state index contributed by atoms with van der Waals surface area (Å²) in [4.78, 5) is 36.4. The normalized spacial score (nSPS) is 12.5. The van der Waals surface area contributed by atoms with E-state index < -0.39 is 11.8 Å². The van der Waals surface area contributed by atoms with Crippen LogP contribution in [-0.4, -0.2) is 17.7 Å². The highest BCUT2D eigenvalue weighted by molar-refractivity contribution is 6.30. The van der Waals surface area contributed by atoms with Crippen LogP contribution in [0.3, 0.4) is 0 Å². The molecule has 1 saturated carbocycles. The third-order valence-corrected chi connectivity index (χ3v) is 5.34. The van der Waals surface area contributed by atoms with E-state index in [-0.39, 0.29) is 11.8 Å². The predicted molar refractivity (Wildman–Crippen MR) is 125 cm³/mol. The molecular formula is C25H22ClN3O4. The van der Waals surface area contributed by atoms with Gasteiger partial charge < -0.3 is 10.1 Å². The minimum absolute atomic E-state index is 0.00188. The Hall–Kier alpha value is -3.84. The average Bonchev–Trinajstić information content (AvgIpc) is 3.68. The van der Waals surface area contributed by atoms with E-state index in [1.807, 2.05) is 0 Å². The molecule has 0 saturated heterocycles. The molecule has 3 aromatic carbocycles. The average molecular weight is 464 g/mol. The molecule has 168 valence electrons. The molecule has 1 aliphatic carbocycles. The van der Waals surface area contributed by atoms with E-state index >= 15 is 0 Å². The van der Waals surface area contributed by atoms with Gasteiger partial charge in [-0.25, -0.2) is 0 Å². The lowest BCUT2D eigenvalue weighted by atomic mass is 10.1. The Balaban J connectivity index is 1.24. The second-order valence-electron chi connectivity index (χ2n) is 7.69. The Morgan fingerprint density at radius 1 is 0.788 bits per heavy atom. The van der Waals surface area contributed by atoms with Gasteiger partial charge in [-0.3, -0.25) is 25.2 Å². The smallest absolute Gasteiger partial charge is 0.269 e. The van der Waals surface area contributed by atoms with Crippen molar-refractivity contribution >= 4 is 35.0 Å². The molecule has 0 radical (unpaired) electrons. The Bertz CT molecular complexity index is 1140. The molecule has 1 fully saturated rings. The van der Waals surface area contributed by atoms with Crippen LogP contribution in [0.25, 0.3) is 0 Å². The summed E-state index contributed by atoms with van der Waals surface area (Å²) < 4.78 is 5.68. The van der Waals surface area contributed by atoms with Crippen molar-refractivity contribution in [2.24, 2.45) is 5.92 Å². The lowest BCUT2D eigenvalue weighted by molar-refractivity contribution is -0.117. The third-order valence-electron chi connectivity index (χ3n) is 5.09. The Morgan fingerprint density at radius 3 is 1.88 bits per heavy atom. The molecule has 3 aromatic rings. The van der Waals surface area contributed by atoms with Gasteiger partial charge in [0.2, 0.25) is 5.91 Å². The number of benzene rings is 3. The van der Waals surface area contributed by atoms with E-state index in [1.165, 1.54) is 0 Å². The molecule has 0 aromatic heterocycles. The predicted octanol–water partition coefficient (Wildman–Crippen LogP) is 4.34. The van der Waals surface area contributed by atoms with Gasteiger partial charge in [0.25, 0.3) is 11.8 Å². The van der Waals surface area contributed by atoms with Gasteiger partial charge in [0.15, 0.2) is 0 Å². The number of carbonyl (C=O) groups is 3. The van der Waals surface area contributed by atoms with Crippen LogP contribution in [0.15, 0.2) is 72.8 Å². The molecule has 4 rings (SSSR count). The van der Waals surface area contributed by atoms with Crippen LogP contribution >= 0.6 is 11.6 Å². The van der Waals surface area contributed by atoms with E-state index in [1.54, 1.807) is 72.8 Å². The summed E-state index contributed by atoms with van der Waals surface area (Å²) in [6.45, 7) is 0.345. The number of hydrazine groups is 1. The first kappa shape index (κ1) is 22.4. The van der Waals surface area contributed by atoms with Crippen LogP contribution in [0, 0.1) is 5.92 Å². The SMILES string of the molecule is O=C(NNC(=O)c1ccc(NC(=O)C2CC2)cc1)c1ccc(COc2ccc(Cl)cc2)cc1. The molecule has 0 aliphatic heterocycles. The number of nitrogens with one attached hydrogen (secondary N) is 3. The van der Waals surface area contributed by atoms with Crippen LogP contribution in [0.5, 0.6) is 5.75 Å². The van der Waals surface area contributed by atoms with Crippen molar-refractivity contribution in [2.75, 3.05) is 5.32 Å². The first-order valence-electron chi connectivity index (χ1n) is 10.5. The summed E-state index contributed by atoms with van der Waals surface area (Å²) in [6, 6.07) is 20.4. The highest BCUT2D eigenvalue weighted by Crippen LogP contribution is 2.30. The number of hydrogen-bond acceptors (Lipinski definition) is 4. The second-order valence-corrected chi connectivity index (χ2v) is 8.13. The third kappa shape index (κ3) is 6.33. The summed E-state index contributed by atoms with van der Waals surface area (Å²) in [7, 11) is 0.